The summed E-state index contributed by atoms with van der Waals surface area (Å²) >= 11 is 0. The molecule has 75 heavy (non-hydrogen) atoms. The van der Waals surface area contributed by atoms with Crippen LogP contribution < -0.4 is 26.4 Å². The van der Waals surface area contributed by atoms with Gasteiger partial charge in [0.25, 0.3) is 0 Å². The highest BCUT2D eigenvalue weighted by Crippen LogP contribution is 2.41. The molecule has 5 aromatic carbocycles. The fourth-order valence-electron chi connectivity index (χ4n) is 7.92. The van der Waals surface area contributed by atoms with E-state index >= 15 is 0 Å². The van der Waals surface area contributed by atoms with Crippen molar-refractivity contribution in [2.24, 2.45) is 0 Å². The van der Waals surface area contributed by atoms with E-state index in [1.807, 2.05) is 60.3 Å². The van der Waals surface area contributed by atoms with Crippen LogP contribution in [-0.4, -0.2) is 6.15 Å². The van der Waals surface area contributed by atoms with E-state index in [1.54, 1.807) is 0 Å². The van der Waals surface area contributed by atoms with Crippen LogP contribution in [0.1, 0.15) is 51.4 Å². The number of hydrogen-bond acceptors (Lipinski definition) is 2. The van der Waals surface area contributed by atoms with Gasteiger partial charge in [-0.1, -0.05) is 66.7 Å². The number of benzene rings is 5. The van der Waals surface area contributed by atoms with Gasteiger partial charge in [-0.2, -0.15) is 138 Å². The molecule has 0 aliphatic carbocycles. The summed E-state index contributed by atoms with van der Waals surface area (Å²) in [5, 5.41) is 19.9. The molecule has 0 aliphatic heterocycles. The summed E-state index contributed by atoms with van der Waals surface area (Å²) in [6.07, 6.45) is -50.8. The molecule has 0 bridgehead atoms. The highest BCUT2D eigenvalue weighted by molar-refractivity contribution is 7.20. The van der Waals surface area contributed by atoms with Crippen molar-refractivity contribution < 1.29 is 110 Å². The van der Waals surface area contributed by atoms with Crippen LogP contribution in [0, 0.1) is 22.7 Å². The fourth-order valence-corrected chi connectivity index (χ4v) is 7.92. The van der Waals surface area contributed by atoms with Crippen molar-refractivity contribution in [2.75, 3.05) is 0 Å². The van der Waals surface area contributed by atoms with Gasteiger partial charge in [-0.15, -0.1) is 0 Å². The van der Waals surface area contributed by atoms with E-state index in [0.29, 0.717) is 6.54 Å². The molecule has 0 unspecified atom stereocenters. The van der Waals surface area contributed by atoms with Crippen LogP contribution in [0.2, 0.25) is 0 Å². The first-order valence-electron chi connectivity index (χ1n) is 20.2. The second kappa shape index (κ2) is 20.0. The lowest BCUT2D eigenvalue weighted by Gasteiger charge is -2.46. The van der Waals surface area contributed by atoms with Gasteiger partial charge in [-0.05, 0) is 42.6 Å². The van der Waals surface area contributed by atoms with E-state index in [1.165, 1.54) is 5.39 Å². The number of nitriles is 2. The maximum absolute atomic E-state index is 14.2. The van der Waals surface area contributed by atoms with Gasteiger partial charge in [-0.25, -0.2) is 4.57 Å². The maximum Gasteiger partial charge on any atom is 0.416 e. The van der Waals surface area contributed by atoms with Gasteiger partial charge in [-0.3, -0.25) is 0 Å². The van der Waals surface area contributed by atoms with E-state index in [-0.39, 0.29) is 5.57 Å². The first-order chi connectivity index (χ1) is 34.0. The molecule has 0 aliphatic rings. The van der Waals surface area contributed by atoms with Crippen molar-refractivity contribution in [3.63, 3.8) is 0 Å². The molecule has 3 nitrogen and oxygen atoms in total. The zero-order chi connectivity index (χ0) is 56.9. The Bertz CT molecular complexity index is 2770. The predicted molar refractivity (Wildman–Crippen MR) is 218 cm³/mol. The Morgan fingerprint density at radius 2 is 0.627 bits per heavy atom. The molecular weight excluding hydrogens is 1070 g/mol. The molecule has 0 N–H and O–H groups in total. The van der Waals surface area contributed by atoms with Crippen LogP contribution in [0.3, 0.4) is 0 Å². The Kier molecular flexibility index (Phi) is 15.6. The number of pyridine rings is 1. The third kappa shape index (κ3) is 13.3. The lowest BCUT2D eigenvalue weighted by molar-refractivity contribution is -0.687. The zero-order valence-electron chi connectivity index (χ0n) is 36.7. The summed E-state index contributed by atoms with van der Waals surface area (Å²) in [5.41, 5.74) is -29.2. The Morgan fingerprint density at radius 3 is 0.853 bits per heavy atom. The SMILES string of the molecule is CC(C[n+]1ccc2ccccc2c1)=C(C#N)C#N.FC(F)(F)c1cc([B-](c2cc(C(F)(F)F)cc(C(F)(F)F)c2)(c2cc(C(F)(F)F)cc(C(F)(F)F)c2)c2cc(C(F)(F)F)cc(C(F)(F)F)c2)cc(C(F)(F)F)c1. The summed E-state index contributed by atoms with van der Waals surface area (Å²) in [6, 6.07) is 5.14. The van der Waals surface area contributed by atoms with Crippen LogP contribution in [0.5, 0.6) is 0 Å². The predicted octanol–water partition coefficient (Wildman–Crippen LogP) is 13.7. The number of hydrogen-bond donors (Lipinski definition) is 0. The monoisotopic (exact) mass is 1100 g/mol. The number of allylic oxidation sites excluding steroid dienone is 2. The van der Waals surface area contributed by atoms with Gasteiger partial charge in [0.2, 0.25) is 0 Å². The molecule has 6 aromatic rings. The van der Waals surface area contributed by atoms with Gasteiger partial charge < -0.3 is 0 Å². The van der Waals surface area contributed by atoms with E-state index in [2.05, 4.69) is 6.07 Å². The molecule has 0 fully saturated rings. The number of nitrogens with zero attached hydrogens (tertiary/aromatic N) is 3. The van der Waals surface area contributed by atoms with Gasteiger partial charge in [0.15, 0.2) is 18.9 Å². The lowest BCUT2D eigenvalue weighted by atomic mass is 9.12. The second-order valence-corrected chi connectivity index (χ2v) is 16.3. The van der Waals surface area contributed by atoms with Crippen molar-refractivity contribution in [3.8, 4) is 12.1 Å². The van der Waals surface area contributed by atoms with E-state index in [9.17, 15) is 105 Å². The van der Waals surface area contributed by atoms with Crippen LogP contribution in [0.15, 0.2) is 127 Å². The first-order valence-corrected chi connectivity index (χ1v) is 20.2. The first kappa shape index (κ1) is 58.5. The van der Waals surface area contributed by atoms with Gasteiger partial charge in [0.05, 0.1) is 44.5 Å². The molecule has 1 heterocycles. The molecule has 0 radical (unpaired) electrons. The normalized spacial score (nSPS) is 13.2. The van der Waals surface area contributed by atoms with Crippen LogP contribution in [0.25, 0.3) is 10.8 Å². The van der Waals surface area contributed by atoms with Crippen molar-refractivity contribution in [1.29, 1.82) is 10.5 Å². The highest BCUT2D eigenvalue weighted by atomic mass is 19.4. The number of alkyl halides is 24. The minimum absolute atomic E-state index is 0.190. The molecule has 398 valence electrons. The summed E-state index contributed by atoms with van der Waals surface area (Å²) in [6.45, 7) is 2.37. The third-order valence-corrected chi connectivity index (χ3v) is 11.3. The number of aromatic nitrogens is 1. The average molecular weight is 1100 g/mol. The molecule has 0 spiro atoms. The quantitative estimate of drug-likeness (QED) is 0.0722. The Morgan fingerprint density at radius 1 is 0.387 bits per heavy atom. The Labute approximate surface area is 405 Å². The van der Waals surface area contributed by atoms with Crippen molar-refractivity contribution in [1.82, 2.24) is 0 Å². The minimum atomic E-state index is -6.13. The average Bonchev–Trinajstić information content (AvgIpc) is 3.27. The Hall–Kier alpha value is -7.39. The summed E-state index contributed by atoms with van der Waals surface area (Å²) in [5.74, 6) is 0. The number of fused-ring (bicyclic) bond motifs is 1. The molecule has 0 saturated heterocycles. The standard InChI is InChI=1S/C32H12BF24.C15H12N3/c34-25(35,36)13-1-14(26(37,38)39)6-21(5-13)33(22-7-15(27(40,41)42)2-16(8-22)28(43,44)45,23-9-17(29(46,47)48)3-18(10-23)30(49,50)51)24-11-19(31(52,53)54)4-20(12-24)32(55,56)57;1-12(15(8-16)9-17)10-18-7-6-13-4-2-3-5-14(13)11-18/h1-12H;2-7,11H,10H2,1H3/q-1;+1. The molecular formula is C47H24BF24N3. The summed E-state index contributed by atoms with van der Waals surface area (Å²) in [7, 11) is 0. The van der Waals surface area contributed by atoms with E-state index in [4.69, 9.17) is 10.5 Å². The van der Waals surface area contributed by atoms with Crippen LogP contribution in [0.4, 0.5) is 105 Å². The van der Waals surface area contributed by atoms with Crippen LogP contribution >= 0.6 is 0 Å². The summed E-state index contributed by atoms with van der Waals surface area (Å²) in [4.78, 5) is 0. The van der Waals surface area contributed by atoms with Crippen molar-refractivity contribution >= 4 is 38.8 Å². The highest BCUT2D eigenvalue weighted by Gasteiger charge is 2.47. The largest absolute Gasteiger partial charge is 0.416 e. The molecule has 28 heteroatoms. The van der Waals surface area contributed by atoms with E-state index in [0.717, 1.165) is 11.0 Å². The van der Waals surface area contributed by atoms with Gasteiger partial charge >= 0.3 is 49.4 Å². The zero-order valence-corrected chi connectivity index (χ0v) is 36.7. The second-order valence-electron chi connectivity index (χ2n) is 16.3. The molecule has 1 aromatic heterocycles. The van der Waals surface area contributed by atoms with Gasteiger partial charge in [0, 0.05) is 17.0 Å². The van der Waals surface area contributed by atoms with Gasteiger partial charge in [0.1, 0.15) is 23.9 Å². The molecule has 6 rings (SSSR count). The summed E-state index contributed by atoms with van der Waals surface area (Å²) < 4.78 is 343. The van der Waals surface area contributed by atoms with Crippen LogP contribution in [-0.2, 0) is 56.0 Å². The number of halogens is 24. The van der Waals surface area contributed by atoms with E-state index < -0.39 is 195 Å². The Balaban J connectivity index is 0.000000483. The number of rotatable bonds is 6. The minimum Gasteiger partial charge on any atom is -0.200 e. The van der Waals surface area contributed by atoms with Crippen molar-refractivity contribution in [3.05, 3.63) is 171 Å². The van der Waals surface area contributed by atoms with Crippen molar-refractivity contribution in [2.45, 2.75) is 62.9 Å². The maximum atomic E-state index is 14.2. The molecule has 0 amide bonds. The fraction of sp³-hybridized carbons (Fsp3) is 0.213. The topological polar surface area (TPSA) is 51.5 Å². The third-order valence-electron chi connectivity index (χ3n) is 11.3. The molecule has 0 atom stereocenters. The molecule has 0 saturated carbocycles. The smallest absolute Gasteiger partial charge is 0.200 e. The lowest BCUT2D eigenvalue weighted by Crippen LogP contribution is -2.75.